The van der Waals surface area contributed by atoms with E-state index < -0.39 is 41.5 Å². The van der Waals surface area contributed by atoms with E-state index in [1.165, 1.54) is 49.4 Å². The molecule has 51 heavy (non-hydrogen) atoms. The average molecular weight is 968 g/mol. The Kier molecular flexibility index (Phi) is 17.8. The maximum atomic E-state index is 10.7. The lowest BCUT2D eigenvalue weighted by Gasteiger charge is -2.10. The third-order valence-corrected chi connectivity index (χ3v) is 8.07. The van der Waals surface area contributed by atoms with E-state index in [4.69, 9.17) is 25.5 Å². The molecule has 0 aliphatic rings. The summed E-state index contributed by atoms with van der Waals surface area (Å²) in [6.45, 7) is 3.31. The number of carboxylic acid groups (broad SMARTS) is 4. The van der Waals surface area contributed by atoms with Gasteiger partial charge in [0.2, 0.25) is 0 Å². The highest BCUT2D eigenvalue weighted by Crippen LogP contribution is 2.32. The van der Waals surface area contributed by atoms with Crippen LogP contribution in [0.2, 0.25) is 0 Å². The topological polar surface area (TPSA) is 267 Å². The number of rotatable bonds is 7. The Morgan fingerprint density at radius 1 is 0.608 bits per heavy atom. The van der Waals surface area contributed by atoms with Gasteiger partial charge in [0.05, 0.1) is 11.7 Å². The molecule has 1 atom stereocenters. The quantitative estimate of drug-likeness (QED) is 0.0799. The molecule has 4 rings (SSSR count). The lowest BCUT2D eigenvalue weighted by molar-refractivity contribution is 0.0681. The summed E-state index contributed by atoms with van der Waals surface area (Å²) in [5.74, 6) is -6.02. The summed E-state index contributed by atoms with van der Waals surface area (Å²) in [6, 6.07) is 12.7. The van der Waals surface area contributed by atoms with Crippen LogP contribution in [0.1, 0.15) is 82.9 Å². The maximum absolute atomic E-state index is 10.7. The molecule has 1 unspecified atom stereocenters. The zero-order valence-electron chi connectivity index (χ0n) is 26.1. The molecule has 0 saturated carbocycles. The smallest absolute Gasteiger partial charge is 0.339 e. The van der Waals surface area contributed by atoms with Crippen molar-refractivity contribution in [1.82, 2.24) is 0 Å². The van der Waals surface area contributed by atoms with Crippen LogP contribution in [0.3, 0.4) is 0 Å². The number of benzene rings is 4. The molecular weight excluding hydrogens is 940 g/mol. The first-order chi connectivity index (χ1) is 23.7. The lowest BCUT2D eigenvalue weighted by atomic mass is 10.1. The largest absolute Gasteiger partial charge is 0.507 e. The van der Waals surface area contributed by atoms with Crippen LogP contribution in [0.25, 0.3) is 0 Å². The lowest BCUT2D eigenvalue weighted by Crippen LogP contribution is -2.01. The van der Waals surface area contributed by atoms with Gasteiger partial charge in [0.1, 0.15) is 45.3 Å². The number of hydrogen-bond acceptors (Lipinski definition) is 10. The number of carboxylic acids is 4. The Morgan fingerprint density at radius 2 is 1.02 bits per heavy atom. The molecule has 0 aliphatic heterocycles. The van der Waals surface area contributed by atoms with Crippen molar-refractivity contribution < 1.29 is 69.9 Å². The van der Waals surface area contributed by atoms with E-state index in [1.807, 2.05) is 6.92 Å². The predicted molar refractivity (Wildman–Crippen MR) is 196 cm³/mol. The molecule has 4 aromatic carbocycles. The standard InChI is InChI=1S/C9H9BrO4.C9H9BrO3.C8H5BrO4.C7H5BrO3/c1-4(11)6-2-5(10)3-7(8(6)12)9(13)14;1-2-5-3-6(10)4-7(8(5)11)9(12)13;9-5-1-4(3-10)7(11)6(2-5)8(12)13;8-4-1-2-6(9)5(3-4)7(10)11/h2-4,11-12H,1H3,(H,13,14);3-4,11H,2H2,1H3,(H,12,13);1-3,11H,(H,12,13);1-3,9H,(H,10,11). The van der Waals surface area contributed by atoms with E-state index in [-0.39, 0.29) is 44.9 Å². The van der Waals surface area contributed by atoms with Gasteiger partial charge in [0, 0.05) is 23.5 Å². The molecule has 9 N–H and O–H groups in total. The van der Waals surface area contributed by atoms with Crippen molar-refractivity contribution in [1.29, 1.82) is 0 Å². The summed E-state index contributed by atoms with van der Waals surface area (Å²) in [4.78, 5) is 52.7. The number of hydrogen-bond donors (Lipinski definition) is 9. The van der Waals surface area contributed by atoms with Gasteiger partial charge in [-0.1, -0.05) is 70.6 Å². The molecule has 0 spiro atoms. The molecule has 4 aromatic rings. The van der Waals surface area contributed by atoms with Crippen molar-refractivity contribution in [2.45, 2.75) is 26.4 Å². The van der Waals surface area contributed by atoms with Crippen molar-refractivity contribution >= 4 is 93.9 Å². The van der Waals surface area contributed by atoms with Gasteiger partial charge < -0.3 is 46.0 Å². The molecule has 0 aliphatic carbocycles. The number of aromatic carboxylic acids is 4. The third kappa shape index (κ3) is 13.3. The Hall–Kier alpha value is -4.49. The van der Waals surface area contributed by atoms with Crippen LogP contribution in [0.4, 0.5) is 0 Å². The fourth-order valence-corrected chi connectivity index (χ4v) is 5.56. The number of halogens is 4. The normalized spacial score (nSPS) is 10.5. The molecule has 272 valence electrons. The Labute approximate surface area is 322 Å². The van der Waals surface area contributed by atoms with Gasteiger partial charge in [-0.3, -0.25) is 4.79 Å². The zero-order valence-corrected chi connectivity index (χ0v) is 32.5. The summed E-state index contributed by atoms with van der Waals surface area (Å²) in [6.07, 6.45) is 0.0866. The molecule has 0 saturated heterocycles. The molecular formula is C33H28Br4O14. The average Bonchev–Trinajstić information content (AvgIpc) is 3.05. The number of phenols is 4. The number of carbonyl (C=O) groups excluding carboxylic acids is 1. The van der Waals surface area contributed by atoms with Crippen LogP contribution >= 0.6 is 63.7 Å². The fourth-order valence-electron chi connectivity index (χ4n) is 3.74. The van der Waals surface area contributed by atoms with E-state index in [0.29, 0.717) is 36.2 Å². The molecule has 0 radical (unpaired) electrons. The summed E-state index contributed by atoms with van der Waals surface area (Å²) in [5.41, 5.74) is 0.0904. The van der Waals surface area contributed by atoms with Crippen molar-refractivity contribution in [3.63, 3.8) is 0 Å². The minimum Gasteiger partial charge on any atom is -0.507 e. The third-order valence-electron chi connectivity index (χ3n) is 6.20. The molecule has 18 heteroatoms. The Balaban J connectivity index is 0.000000341. The first-order valence-corrected chi connectivity index (χ1v) is 16.9. The van der Waals surface area contributed by atoms with Crippen molar-refractivity contribution in [3.05, 3.63) is 111 Å². The second kappa shape index (κ2) is 20.4. The van der Waals surface area contributed by atoms with Crippen LogP contribution < -0.4 is 0 Å². The molecule has 0 amide bonds. The predicted octanol–water partition coefficient (Wildman–Crippen LogP) is 7.84. The SMILES string of the molecule is CC(O)c1cc(Br)cc(C(=O)O)c1O.CCc1cc(Br)cc(C(=O)O)c1O.O=C(O)c1cc(Br)ccc1O.O=Cc1cc(Br)cc(C(=O)O)c1O. The number of aliphatic hydroxyl groups excluding tert-OH is 1. The highest BCUT2D eigenvalue weighted by Gasteiger charge is 2.18. The van der Waals surface area contributed by atoms with E-state index >= 15 is 0 Å². The first-order valence-electron chi connectivity index (χ1n) is 13.8. The second-order valence-electron chi connectivity index (χ2n) is 9.77. The monoisotopic (exact) mass is 964 g/mol. The first kappa shape index (κ1) is 44.5. The number of aldehydes is 1. The van der Waals surface area contributed by atoms with Crippen LogP contribution in [-0.2, 0) is 6.42 Å². The van der Waals surface area contributed by atoms with Gasteiger partial charge in [-0.2, -0.15) is 0 Å². The van der Waals surface area contributed by atoms with E-state index in [1.54, 1.807) is 12.1 Å². The summed E-state index contributed by atoms with van der Waals surface area (Å²) >= 11 is 12.4. The summed E-state index contributed by atoms with van der Waals surface area (Å²) < 4.78 is 2.24. The molecule has 0 heterocycles. The van der Waals surface area contributed by atoms with Crippen molar-refractivity contribution in [2.75, 3.05) is 0 Å². The highest BCUT2D eigenvalue weighted by molar-refractivity contribution is 9.11. The van der Waals surface area contributed by atoms with Gasteiger partial charge in [-0.25, -0.2) is 19.2 Å². The molecule has 0 aromatic heterocycles. The number of aliphatic hydroxyl groups is 1. The fraction of sp³-hybridized carbons (Fsp3) is 0.121. The van der Waals surface area contributed by atoms with E-state index in [0.717, 1.165) is 0 Å². The Bertz CT molecular complexity index is 1940. The summed E-state index contributed by atoms with van der Waals surface area (Å²) in [5, 5.41) is 81.1. The van der Waals surface area contributed by atoms with E-state index in [9.17, 15) is 44.4 Å². The van der Waals surface area contributed by atoms with Crippen LogP contribution in [0, 0.1) is 0 Å². The molecule has 14 nitrogen and oxygen atoms in total. The highest BCUT2D eigenvalue weighted by atomic mass is 79.9. The van der Waals surface area contributed by atoms with Gasteiger partial charge in [-0.05, 0) is 73.5 Å². The van der Waals surface area contributed by atoms with Crippen LogP contribution in [-0.4, -0.2) is 76.1 Å². The Morgan fingerprint density at radius 3 is 1.43 bits per heavy atom. The van der Waals surface area contributed by atoms with Crippen molar-refractivity contribution in [3.8, 4) is 23.0 Å². The van der Waals surface area contributed by atoms with Crippen molar-refractivity contribution in [2.24, 2.45) is 0 Å². The van der Waals surface area contributed by atoms with Gasteiger partial charge in [0.15, 0.2) is 6.29 Å². The van der Waals surface area contributed by atoms with E-state index in [2.05, 4.69) is 63.7 Å². The molecule has 0 fully saturated rings. The number of carbonyl (C=O) groups is 5. The number of aromatic hydroxyl groups is 4. The maximum Gasteiger partial charge on any atom is 0.339 e. The second-order valence-corrected chi connectivity index (χ2v) is 13.4. The van der Waals surface area contributed by atoms with Gasteiger partial charge in [-0.15, -0.1) is 0 Å². The minimum absolute atomic E-state index is 0.0493. The van der Waals surface area contributed by atoms with Gasteiger partial charge >= 0.3 is 23.9 Å². The van der Waals surface area contributed by atoms with Crippen LogP contribution in [0.5, 0.6) is 23.0 Å². The summed E-state index contributed by atoms with van der Waals surface area (Å²) in [7, 11) is 0. The minimum atomic E-state index is -1.28. The van der Waals surface area contributed by atoms with Crippen LogP contribution in [0.15, 0.2) is 72.5 Å². The van der Waals surface area contributed by atoms with Gasteiger partial charge in [0.25, 0.3) is 0 Å². The molecule has 0 bridgehead atoms. The zero-order chi connectivity index (χ0) is 39.3. The number of aryl methyl sites for hydroxylation is 1.